The second-order valence-corrected chi connectivity index (χ2v) is 10.9. The van der Waals surface area contributed by atoms with E-state index < -0.39 is 29.5 Å². The van der Waals surface area contributed by atoms with Crippen LogP contribution in [0.2, 0.25) is 0 Å². The number of alkyl halides is 6. The summed E-state index contributed by atoms with van der Waals surface area (Å²) in [5.74, 6) is 0.568. The lowest BCUT2D eigenvalue weighted by Crippen LogP contribution is -2.49. The van der Waals surface area contributed by atoms with Gasteiger partial charge in [-0.15, -0.1) is 0 Å². The first kappa shape index (κ1) is 29.4. The molecular weight excluding hydrogens is 520 g/mol. The fraction of sp³-hybridized carbons (Fsp3) is 0.552. The molecule has 1 aliphatic carbocycles. The van der Waals surface area contributed by atoms with Crippen LogP contribution in [0.25, 0.3) is 0 Å². The molecule has 1 amide bonds. The van der Waals surface area contributed by atoms with Gasteiger partial charge in [0.05, 0.1) is 11.1 Å². The Balaban J connectivity index is 1.46. The molecule has 2 fully saturated rings. The Morgan fingerprint density at radius 3 is 1.97 bits per heavy atom. The minimum atomic E-state index is -4.91. The van der Waals surface area contributed by atoms with Gasteiger partial charge in [0.25, 0.3) is 0 Å². The molecule has 0 radical (unpaired) electrons. The average Bonchev–Trinajstić information content (AvgIpc) is 3.71. The molecule has 1 saturated heterocycles. The highest BCUT2D eigenvalue weighted by molar-refractivity contribution is 5.83. The number of likely N-dealkylation sites (tertiary alicyclic amines) is 1. The molecule has 2 aliphatic rings. The number of nitrogens with zero attached hydrogens (tertiary/aromatic N) is 3. The van der Waals surface area contributed by atoms with Gasteiger partial charge in [-0.3, -0.25) is 9.69 Å². The van der Waals surface area contributed by atoms with Gasteiger partial charge in [-0.05, 0) is 74.4 Å². The van der Waals surface area contributed by atoms with Crippen molar-refractivity contribution in [2.75, 3.05) is 40.3 Å². The Bertz CT molecular complexity index is 1080. The van der Waals surface area contributed by atoms with Crippen molar-refractivity contribution in [2.45, 2.75) is 56.5 Å². The van der Waals surface area contributed by atoms with Crippen molar-refractivity contribution < 1.29 is 31.1 Å². The van der Waals surface area contributed by atoms with Crippen molar-refractivity contribution in [1.29, 1.82) is 0 Å². The monoisotopic (exact) mass is 555 g/mol. The summed E-state index contributed by atoms with van der Waals surface area (Å²) >= 11 is 0. The van der Waals surface area contributed by atoms with E-state index >= 15 is 0 Å². The Morgan fingerprint density at radius 2 is 1.46 bits per heavy atom. The average molecular weight is 556 g/mol. The topological polar surface area (TPSA) is 26.8 Å². The second-order valence-electron chi connectivity index (χ2n) is 10.9. The Labute approximate surface area is 225 Å². The molecule has 4 nitrogen and oxygen atoms in total. The number of piperidine rings is 1. The van der Waals surface area contributed by atoms with E-state index in [4.69, 9.17) is 0 Å². The molecule has 10 heteroatoms. The first-order valence-corrected chi connectivity index (χ1v) is 13.4. The number of halogens is 6. The van der Waals surface area contributed by atoms with Crippen LogP contribution in [0.15, 0.2) is 48.5 Å². The molecule has 1 unspecified atom stereocenters. The smallest absolute Gasteiger partial charge is 0.344 e. The lowest BCUT2D eigenvalue weighted by Gasteiger charge is -2.41. The van der Waals surface area contributed by atoms with Gasteiger partial charge >= 0.3 is 12.4 Å². The minimum Gasteiger partial charge on any atom is -0.344 e. The molecule has 0 bridgehead atoms. The number of benzene rings is 2. The summed E-state index contributed by atoms with van der Waals surface area (Å²) in [7, 11) is 3.71. The van der Waals surface area contributed by atoms with Crippen LogP contribution in [0, 0.1) is 5.92 Å². The van der Waals surface area contributed by atoms with Gasteiger partial charge in [0, 0.05) is 39.3 Å². The molecule has 1 atom stereocenters. The van der Waals surface area contributed by atoms with Crippen LogP contribution in [0.3, 0.4) is 0 Å². The van der Waals surface area contributed by atoms with Crippen molar-refractivity contribution in [3.05, 3.63) is 70.8 Å². The van der Waals surface area contributed by atoms with Crippen LogP contribution in [-0.4, -0.2) is 66.9 Å². The summed E-state index contributed by atoms with van der Waals surface area (Å²) in [5.41, 5.74) is -2.00. The van der Waals surface area contributed by atoms with Crippen molar-refractivity contribution in [3.8, 4) is 0 Å². The number of hydrogen-bond donors (Lipinski definition) is 0. The van der Waals surface area contributed by atoms with E-state index in [-0.39, 0.29) is 30.5 Å². The maximum Gasteiger partial charge on any atom is 0.416 e. The minimum absolute atomic E-state index is 0.0125. The van der Waals surface area contributed by atoms with E-state index in [2.05, 4.69) is 16.8 Å². The zero-order valence-electron chi connectivity index (χ0n) is 22.2. The maximum absolute atomic E-state index is 13.7. The van der Waals surface area contributed by atoms with Crippen LogP contribution in [0.1, 0.15) is 54.0 Å². The number of amides is 1. The van der Waals surface area contributed by atoms with Crippen LogP contribution < -0.4 is 0 Å². The number of rotatable bonds is 9. The predicted molar refractivity (Wildman–Crippen MR) is 137 cm³/mol. The summed E-state index contributed by atoms with van der Waals surface area (Å²) < 4.78 is 79.6. The van der Waals surface area contributed by atoms with E-state index in [0.29, 0.717) is 6.04 Å². The number of carbonyl (C=O) groups is 1. The first-order valence-electron chi connectivity index (χ1n) is 13.4. The molecule has 0 N–H and O–H groups in total. The molecule has 0 spiro atoms. The number of hydrogen-bond acceptors (Lipinski definition) is 3. The predicted octanol–water partition coefficient (Wildman–Crippen LogP) is 6.27. The van der Waals surface area contributed by atoms with E-state index in [1.165, 1.54) is 17.7 Å². The molecule has 39 heavy (non-hydrogen) atoms. The van der Waals surface area contributed by atoms with Crippen LogP contribution in [0.5, 0.6) is 0 Å². The quantitative estimate of drug-likeness (QED) is 0.341. The highest BCUT2D eigenvalue weighted by atomic mass is 19.4. The van der Waals surface area contributed by atoms with E-state index in [0.717, 1.165) is 56.1 Å². The van der Waals surface area contributed by atoms with Gasteiger partial charge in [-0.25, -0.2) is 0 Å². The third kappa shape index (κ3) is 7.75. The number of carbonyl (C=O) groups excluding carboxylic acids is 1. The highest BCUT2D eigenvalue weighted by Crippen LogP contribution is 2.37. The maximum atomic E-state index is 13.7. The fourth-order valence-electron chi connectivity index (χ4n) is 5.37. The van der Waals surface area contributed by atoms with Gasteiger partial charge in [0.2, 0.25) is 5.91 Å². The van der Waals surface area contributed by atoms with E-state index in [1.54, 1.807) is 7.05 Å². The molecular formula is C29H35F6N3O. The zero-order valence-corrected chi connectivity index (χ0v) is 22.2. The molecule has 0 aromatic heterocycles. The second kappa shape index (κ2) is 11.9. The third-order valence-corrected chi connectivity index (χ3v) is 7.84. The normalized spacial score (nSPS) is 18.4. The van der Waals surface area contributed by atoms with Crippen molar-refractivity contribution in [2.24, 2.45) is 5.92 Å². The van der Waals surface area contributed by atoms with Crippen LogP contribution in [0.4, 0.5) is 26.3 Å². The number of likely N-dealkylation sites (N-methyl/N-ethyl adjacent to an activating group) is 1. The molecule has 2 aromatic rings. The largest absolute Gasteiger partial charge is 0.416 e. The third-order valence-electron chi connectivity index (χ3n) is 7.84. The molecule has 1 saturated carbocycles. The SMILES string of the molecule is CN(CCc1cc(C(F)(F)F)cc(C(F)(F)F)c1)C(=O)C(c1ccccc1)N1CCC(N(C)CC2CC2)CC1. The Kier molecular flexibility index (Phi) is 8.95. The zero-order chi connectivity index (χ0) is 28.4. The summed E-state index contributed by atoms with van der Waals surface area (Å²) in [6, 6.07) is 10.8. The summed E-state index contributed by atoms with van der Waals surface area (Å²) in [6.07, 6.45) is -5.52. The highest BCUT2D eigenvalue weighted by Gasteiger charge is 2.38. The lowest BCUT2D eigenvalue weighted by molar-refractivity contribution is -0.143. The first-order chi connectivity index (χ1) is 18.3. The van der Waals surface area contributed by atoms with Crippen LogP contribution in [-0.2, 0) is 23.6 Å². The van der Waals surface area contributed by atoms with Crippen molar-refractivity contribution >= 4 is 5.91 Å². The standard InChI is InChI=1S/C29H35F6N3O/c1-36(13-10-21-16-23(28(30,31)32)18-24(17-21)29(33,34)35)27(39)26(22-6-4-3-5-7-22)38-14-11-25(12-15-38)37(2)19-20-8-9-20/h3-7,16-18,20,25-26H,8-15,19H2,1-2H3. The molecule has 1 aliphatic heterocycles. The Morgan fingerprint density at radius 1 is 0.897 bits per heavy atom. The fourth-order valence-corrected chi connectivity index (χ4v) is 5.37. The van der Waals surface area contributed by atoms with E-state index in [1.807, 2.05) is 30.3 Å². The van der Waals surface area contributed by atoms with Crippen molar-refractivity contribution in [3.63, 3.8) is 0 Å². The van der Waals surface area contributed by atoms with Crippen molar-refractivity contribution in [1.82, 2.24) is 14.7 Å². The molecule has 214 valence electrons. The van der Waals surface area contributed by atoms with Gasteiger partial charge in [0.15, 0.2) is 0 Å². The molecule has 1 heterocycles. The van der Waals surface area contributed by atoms with Gasteiger partial charge in [-0.1, -0.05) is 30.3 Å². The van der Waals surface area contributed by atoms with Gasteiger partial charge < -0.3 is 9.80 Å². The lowest BCUT2D eigenvalue weighted by atomic mass is 9.97. The summed E-state index contributed by atoms with van der Waals surface area (Å²) in [6.45, 7) is 2.53. The Hall–Kier alpha value is -2.59. The molecule has 2 aromatic carbocycles. The van der Waals surface area contributed by atoms with Gasteiger partial charge in [-0.2, -0.15) is 26.3 Å². The van der Waals surface area contributed by atoms with Crippen LogP contribution >= 0.6 is 0 Å². The summed E-state index contributed by atoms with van der Waals surface area (Å²) in [5, 5.41) is 0. The van der Waals surface area contributed by atoms with E-state index in [9.17, 15) is 31.1 Å². The molecule has 4 rings (SSSR count). The van der Waals surface area contributed by atoms with Gasteiger partial charge in [0.1, 0.15) is 6.04 Å². The summed E-state index contributed by atoms with van der Waals surface area (Å²) in [4.78, 5) is 19.7.